The van der Waals surface area contributed by atoms with E-state index in [0.29, 0.717) is 17.8 Å². The average Bonchev–Trinajstić information content (AvgIpc) is 3.26. The van der Waals surface area contributed by atoms with Gasteiger partial charge < -0.3 is 14.6 Å². The summed E-state index contributed by atoms with van der Waals surface area (Å²) in [5.41, 5.74) is 2.92. The smallest absolute Gasteiger partial charge is 0.255 e. The Morgan fingerprint density at radius 3 is 2.96 bits per heavy atom. The summed E-state index contributed by atoms with van der Waals surface area (Å²) in [6.07, 6.45) is 5.27. The molecule has 3 rings (SSSR count). The maximum atomic E-state index is 12.6. The molecule has 0 fully saturated rings. The van der Waals surface area contributed by atoms with Crippen LogP contribution in [0, 0.1) is 0 Å². The van der Waals surface area contributed by atoms with Crippen LogP contribution in [0.3, 0.4) is 0 Å². The van der Waals surface area contributed by atoms with E-state index in [4.69, 9.17) is 4.74 Å². The highest BCUT2D eigenvalue weighted by Gasteiger charge is 2.16. The van der Waals surface area contributed by atoms with Crippen LogP contribution < -0.4 is 10.1 Å². The highest BCUT2D eigenvalue weighted by molar-refractivity contribution is 7.98. The molecule has 0 atom stereocenters. The number of rotatable bonds is 6. The Hall–Kier alpha value is -2.74. The fourth-order valence-electron chi connectivity index (χ4n) is 2.50. The fourth-order valence-corrected chi connectivity index (χ4v) is 3.05. The van der Waals surface area contributed by atoms with Crippen molar-refractivity contribution in [1.82, 2.24) is 25.1 Å². The third-order valence-electron chi connectivity index (χ3n) is 3.90. The second kappa shape index (κ2) is 7.43. The van der Waals surface area contributed by atoms with Crippen molar-refractivity contribution in [3.8, 4) is 17.0 Å². The largest absolute Gasteiger partial charge is 0.497 e. The second-order valence-corrected chi connectivity index (χ2v) is 6.14. The first kappa shape index (κ1) is 17.1. The fraction of sp³-hybridized carbons (Fsp3) is 0.235. The summed E-state index contributed by atoms with van der Waals surface area (Å²) in [5, 5.41) is 10.7. The zero-order chi connectivity index (χ0) is 17.8. The number of carbonyl (C=O) groups excluding carboxylic acids is 1. The van der Waals surface area contributed by atoms with Crippen LogP contribution in [0.2, 0.25) is 0 Å². The van der Waals surface area contributed by atoms with Crippen molar-refractivity contribution in [1.29, 1.82) is 0 Å². The molecule has 2 heterocycles. The van der Waals surface area contributed by atoms with Crippen LogP contribution in [0.25, 0.3) is 11.3 Å². The van der Waals surface area contributed by atoms with Gasteiger partial charge in [-0.05, 0) is 18.4 Å². The minimum Gasteiger partial charge on any atom is -0.497 e. The Kier molecular flexibility index (Phi) is 5.08. The number of hydrogen-bond acceptors (Lipinski definition) is 5. The van der Waals surface area contributed by atoms with E-state index in [9.17, 15) is 4.79 Å². The topological polar surface area (TPSA) is 84.8 Å². The first-order valence-corrected chi connectivity index (χ1v) is 8.87. The minimum absolute atomic E-state index is 0.196. The summed E-state index contributed by atoms with van der Waals surface area (Å²) < 4.78 is 7.20. The molecule has 130 valence electrons. The SMILES string of the molecule is COc1cccc(-c2[nH]ncc2C(=O)NCc2cnc(SC)n2C)c1. The number of nitrogens with one attached hydrogen (secondary N) is 2. The van der Waals surface area contributed by atoms with Crippen LogP contribution >= 0.6 is 11.8 Å². The Morgan fingerprint density at radius 2 is 2.24 bits per heavy atom. The van der Waals surface area contributed by atoms with Gasteiger partial charge in [0.1, 0.15) is 5.75 Å². The molecule has 2 aromatic heterocycles. The van der Waals surface area contributed by atoms with Crippen LogP contribution in [0.15, 0.2) is 41.8 Å². The number of methoxy groups -OCH3 is 1. The highest BCUT2D eigenvalue weighted by atomic mass is 32.2. The predicted molar refractivity (Wildman–Crippen MR) is 96.7 cm³/mol. The minimum atomic E-state index is -0.196. The standard InChI is InChI=1S/C17H19N5O2S/c1-22-12(9-19-17(22)25-3)8-18-16(23)14-10-20-21-15(14)11-5-4-6-13(7-11)24-2/h4-7,9-10H,8H2,1-3H3,(H,18,23)(H,20,21). The van der Waals surface area contributed by atoms with E-state index in [1.54, 1.807) is 25.1 Å². The number of H-pyrrole nitrogens is 1. The number of imidazole rings is 1. The lowest BCUT2D eigenvalue weighted by Crippen LogP contribution is -2.24. The summed E-state index contributed by atoms with van der Waals surface area (Å²) in [6.45, 7) is 0.394. The first-order valence-electron chi connectivity index (χ1n) is 7.64. The summed E-state index contributed by atoms with van der Waals surface area (Å²) in [7, 11) is 3.54. The number of hydrogen-bond donors (Lipinski definition) is 2. The zero-order valence-corrected chi connectivity index (χ0v) is 15.1. The Morgan fingerprint density at radius 1 is 1.40 bits per heavy atom. The maximum Gasteiger partial charge on any atom is 0.255 e. The van der Waals surface area contributed by atoms with Crippen molar-refractivity contribution in [2.45, 2.75) is 11.7 Å². The molecule has 0 aliphatic carbocycles. The Labute approximate surface area is 149 Å². The lowest BCUT2D eigenvalue weighted by Gasteiger charge is -2.08. The van der Waals surface area contributed by atoms with Crippen LogP contribution in [0.1, 0.15) is 16.1 Å². The molecule has 0 spiro atoms. The molecule has 3 aromatic rings. The van der Waals surface area contributed by atoms with Gasteiger partial charge in [0.2, 0.25) is 0 Å². The molecule has 0 aliphatic rings. The summed E-state index contributed by atoms with van der Waals surface area (Å²) >= 11 is 1.56. The number of aromatic nitrogens is 4. The molecule has 1 aromatic carbocycles. The highest BCUT2D eigenvalue weighted by Crippen LogP contribution is 2.25. The van der Waals surface area contributed by atoms with Crippen molar-refractivity contribution in [2.75, 3.05) is 13.4 Å². The molecule has 7 nitrogen and oxygen atoms in total. The molecule has 0 aliphatic heterocycles. The molecular formula is C17H19N5O2S. The first-order chi connectivity index (χ1) is 12.1. The molecule has 0 unspecified atom stereocenters. The number of nitrogens with zero attached hydrogens (tertiary/aromatic N) is 3. The van der Waals surface area contributed by atoms with Crippen molar-refractivity contribution in [2.24, 2.45) is 7.05 Å². The zero-order valence-electron chi connectivity index (χ0n) is 14.2. The van der Waals surface area contributed by atoms with Crippen molar-refractivity contribution < 1.29 is 9.53 Å². The number of benzene rings is 1. The Balaban J connectivity index is 1.77. The summed E-state index contributed by atoms with van der Waals surface area (Å²) in [4.78, 5) is 16.9. The van der Waals surface area contributed by atoms with Gasteiger partial charge in [-0.3, -0.25) is 9.89 Å². The van der Waals surface area contributed by atoms with Crippen molar-refractivity contribution >= 4 is 17.7 Å². The van der Waals surface area contributed by atoms with E-state index in [2.05, 4.69) is 20.5 Å². The third-order valence-corrected chi connectivity index (χ3v) is 4.64. The molecule has 8 heteroatoms. The molecule has 2 N–H and O–H groups in total. The van der Waals surface area contributed by atoms with Gasteiger partial charge in [0.15, 0.2) is 5.16 Å². The third kappa shape index (κ3) is 3.53. The molecule has 0 saturated heterocycles. The molecule has 0 saturated carbocycles. The molecule has 1 amide bonds. The summed E-state index contributed by atoms with van der Waals surface area (Å²) in [6, 6.07) is 7.48. The molecule has 0 bridgehead atoms. The van der Waals surface area contributed by atoms with E-state index in [1.807, 2.05) is 42.1 Å². The van der Waals surface area contributed by atoms with Crippen molar-refractivity contribution in [3.63, 3.8) is 0 Å². The quantitative estimate of drug-likeness (QED) is 0.662. The van der Waals surface area contributed by atoms with Crippen molar-refractivity contribution in [3.05, 3.63) is 47.9 Å². The predicted octanol–water partition coefficient (Wildman–Crippen LogP) is 2.47. The van der Waals surface area contributed by atoms with Gasteiger partial charge in [-0.2, -0.15) is 5.10 Å². The number of ether oxygens (including phenoxy) is 1. The monoisotopic (exact) mass is 357 g/mol. The molecule has 25 heavy (non-hydrogen) atoms. The van der Waals surface area contributed by atoms with Gasteiger partial charge in [0.25, 0.3) is 5.91 Å². The second-order valence-electron chi connectivity index (χ2n) is 5.37. The normalized spacial score (nSPS) is 10.7. The van der Waals surface area contributed by atoms with E-state index in [-0.39, 0.29) is 5.91 Å². The lowest BCUT2D eigenvalue weighted by molar-refractivity contribution is 0.0951. The molecular weight excluding hydrogens is 338 g/mol. The van der Waals surface area contributed by atoms with Gasteiger partial charge >= 0.3 is 0 Å². The van der Waals surface area contributed by atoms with Gasteiger partial charge in [-0.15, -0.1) is 0 Å². The number of carbonyl (C=O) groups is 1. The van der Waals surface area contributed by atoms with E-state index >= 15 is 0 Å². The van der Waals surface area contributed by atoms with E-state index < -0.39 is 0 Å². The Bertz CT molecular complexity index is 887. The number of amides is 1. The van der Waals surface area contributed by atoms with Crippen LogP contribution in [-0.2, 0) is 13.6 Å². The van der Waals surface area contributed by atoms with Gasteiger partial charge in [0, 0.05) is 12.6 Å². The number of aromatic amines is 1. The lowest BCUT2D eigenvalue weighted by atomic mass is 10.1. The van der Waals surface area contributed by atoms with Crippen LogP contribution in [-0.4, -0.2) is 39.0 Å². The van der Waals surface area contributed by atoms with Gasteiger partial charge in [0.05, 0.1) is 43.0 Å². The van der Waals surface area contributed by atoms with Crippen LogP contribution in [0.5, 0.6) is 5.75 Å². The van der Waals surface area contributed by atoms with Gasteiger partial charge in [-0.1, -0.05) is 23.9 Å². The van der Waals surface area contributed by atoms with E-state index in [0.717, 1.165) is 22.2 Å². The maximum absolute atomic E-state index is 12.6. The molecule has 0 radical (unpaired) electrons. The van der Waals surface area contributed by atoms with Gasteiger partial charge in [-0.25, -0.2) is 4.98 Å². The van der Waals surface area contributed by atoms with Crippen LogP contribution in [0.4, 0.5) is 0 Å². The number of thioether (sulfide) groups is 1. The summed E-state index contributed by atoms with van der Waals surface area (Å²) in [5.74, 6) is 0.524. The van der Waals surface area contributed by atoms with E-state index in [1.165, 1.54) is 6.20 Å². The average molecular weight is 357 g/mol.